The van der Waals surface area contributed by atoms with Gasteiger partial charge in [0.2, 0.25) is 0 Å². The van der Waals surface area contributed by atoms with Crippen molar-refractivity contribution in [1.29, 1.82) is 0 Å². The smallest absolute Gasteiger partial charge is 0.454 e. The molecule has 4 nitrogen and oxygen atoms in total. The number of hydrogen-bond donors (Lipinski definition) is 2. The summed E-state index contributed by atoms with van der Waals surface area (Å²) in [6.45, 7) is 1.51. The van der Waals surface area contributed by atoms with E-state index in [-0.39, 0.29) is 0 Å². The maximum Gasteiger partial charge on any atom is 0.470 e. The second kappa shape index (κ2) is 5.18. The molecule has 0 heterocycles. The van der Waals surface area contributed by atoms with Gasteiger partial charge in [0, 0.05) is 0 Å². The Labute approximate surface area is 49.6 Å². The van der Waals surface area contributed by atoms with Crippen LogP contribution in [0.4, 0.5) is 0 Å². The minimum absolute atomic E-state index is 0.494. The first-order valence-electron chi connectivity index (χ1n) is 2.04. The molecule has 0 fully saturated rings. The molecule has 8 heavy (non-hydrogen) atoms. The molecule has 0 aromatic carbocycles. The largest absolute Gasteiger partial charge is 0.470 e. The summed E-state index contributed by atoms with van der Waals surface area (Å²) in [5, 5.41) is 15.9. The molecule has 2 radical (unpaired) electrons. The number of rotatable bonds is 4. The average Bonchev–Trinajstić information content (AvgIpc) is 1.68. The van der Waals surface area contributed by atoms with Gasteiger partial charge in [-0.05, 0) is 6.82 Å². The van der Waals surface area contributed by atoms with E-state index in [0.29, 0.717) is 15.4 Å². The van der Waals surface area contributed by atoms with E-state index in [2.05, 4.69) is 9.14 Å². The predicted octanol–water partition coefficient (Wildman–Crippen LogP) is -1.81. The van der Waals surface area contributed by atoms with Crippen LogP contribution >= 0.6 is 0 Å². The second-order valence-electron chi connectivity index (χ2n) is 1.05. The second-order valence-corrected chi connectivity index (χ2v) is 1.05. The lowest BCUT2D eigenvalue weighted by Gasteiger charge is -2.02. The van der Waals surface area contributed by atoms with E-state index in [4.69, 9.17) is 10.0 Å². The Balaban J connectivity index is 2.92. The van der Waals surface area contributed by atoms with Crippen molar-refractivity contribution < 1.29 is 19.2 Å². The topological polar surface area (TPSA) is 58.9 Å². The van der Waals surface area contributed by atoms with Gasteiger partial charge >= 0.3 is 22.5 Å². The van der Waals surface area contributed by atoms with E-state index in [9.17, 15) is 0 Å². The zero-order valence-corrected chi connectivity index (χ0v) is 4.44. The van der Waals surface area contributed by atoms with Gasteiger partial charge < -0.3 is 19.2 Å². The third kappa shape index (κ3) is 4.20. The first-order valence-corrected chi connectivity index (χ1v) is 2.04. The lowest BCUT2D eigenvalue weighted by Crippen LogP contribution is -2.22. The summed E-state index contributed by atoms with van der Waals surface area (Å²) in [4.78, 5) is 0. The van der Waals surface area contributed by atoms with Crippen LogP contribution < -0.4 is 0 Å². The molecule has 0 aromatic rings. The Kier molecular flexibility index (Phi) is 5.20. The Morgan fingerprint density at radius 3 is 1.88 bits per heavy atom. The van der Waals surface area contributed by atoms with Crippen LogP contribution in [-0.4, -0.2) is 32.5 Å². The van der Waals surface area contributed by atoms with Crippen LogP contribution in [0.2, 0.25) is 6.82 Å². The van der Waals surface area contributed by atoms with Crippen LogP contribution in [0.5, 0.6) is 0 Å². The average molecular weight is 113 g/mol. The molecule has 0 rings (SSSR count). The molecule has 2 N–H and O–H groups in total. The van der Waals surface area contributed by atoms with Crippen molar-refractivity contribution in [3.8, 4) is 0 Å². The highest BCUT2D eigenvalue weighted by atomic mass is 16.6. The Morgan fingerprint density at radius 2 is 1.62 bits per heavy atom. The van der Waals surface area contributed by atoms with Crippen molar-refractivity contribution >= 4 is 22.5 Å². The molecule has 0 aliphatic carbocycles. The minimum atomic E-state index is -0.648. The highest BCUT2D eigenvalue weighted by Gasteiger charge is 2.08. The highest BCUT2D eigenvalue weighted by Crippen LogP contribution is 1.81. The maximum atomic E-state index is 7.94. The first kappa shape index (κ1) is 8.03. The van der Waals surface area contributed by atoms with E-state index in [1.54, 1.807) is 0 Å². The molecule has 0 aliphatic heterocycles. The van der Waals surface area contributed by atoms with Gasteiger partial charge in [0.25, 0.3) is 0 Å². The lowest BCUT2D eigenvalue weighted by molar-refractivity contribution is 0.370. The number of hydrogen-bond acceptors (Lipinski definition) is 4. The summed E-state index contributed by atoms with van der Waals surface area (Å²) >= 11 is 0. The summed E-state index contributed by atoms with van der Waals surface area (Å²) in [5.41, 5.74) is 0. The van der Waals surface area contributed by atoms with Crippen LogP contribution in [0.1, 0.15) is 0 Å². The third-order valence-electron chi connectivity index (χ3n) is 0.505. The molecule has 7 heteroatoms. The molecule has 0 amide bonds. The quantitative estimate of drug-likeness (QED) is 0.422. The normalized spacial score (nSPS) is 8.38. The summed E-state index contributed by atoms with van der Waals surface area (Å²) in [7, 11) is 0.340. The Hall–Kier alpha value is 0.0348. The summed E-state index contributed by atoms with van der Waals surface area (Å²) in [5.74, 6) is 0. The molecule has 0 spiro atoms. The molecule has 0 saturated carbocycles. The standard InChI is InChI=1S/CH5B3O4/c1-4(7-2-5)8-3-6/h5-6H,1H3. The fourth-order valence-corrected chi connectivity index (χ4v) is 0.203. The molecule has 0 aliphatic rings. The van der Waals surface area contributed by atoms with Crippen molar-refractivity contribution in [2.45, 2.75) is 6.82 Å². The van der Waals surface area contributed by atoms with Crippen molar-refractivity contribution in [3.05, 3.63) is 0 Å². The Bertz CT molecular complexity index is 44.5. The zero-order valence-electron chi connectivity index (χ0n) is 4.44. The fourth-order valence-electron chi connectivity index (χ4n) is 0.203. The molecule has 0 saturated heterocycles. The van der Waals surface area contributed by atoms with Crippen LogP contribution in [0.25, 0.3) is 0 Å². The van der Waals surface area contributed by atoms with Gasteiger partial charge in [-0.1, -0.05) is 0 Å². The first-order chi connectivity index (χ1) is 3.81. The van der Waals surface area contributed by atoms with E-state index >= 15 is 0 Å². The van der Waals surface area contributed by atoms with Crippen molar-refractivity contribution in [3.63, 3.8) is 0 Å². The van der Waals surface area contributed by atoms with Gasteiger partial charge in [-0.25, -0.2) is 0 Å². The SMILES string of the molecule is CB(O[B]O)O[B]O. The van der Waals surface area contributed by atoms with Crippen LogP contribution in [0, 0.1) is 0 Å². The van der Waals surface area contributed by atoms with Gasteiger partial charge in [-0.2, -0.15) is 0 Å². The maximum absolute atomic E-state index is 7.94. The van der Waals surface area contributed by atoms with E-state index in [1.807, 2.05) is 0 Å². The highest BCUT2D eigenvalue weighted by molar-refractivity contribution is 6.54. The summed E-state index contributed by atoms with van der Waals surface area (Å²) in [6, 6.07) is 0. The van der Waals surface area contributed by atoms with Crippen LogP contribution in [0.3, 0.4) is 0 Å². The van der Waals surface area contributed by atoms with Gasteiger partial charge in [-0.3, -0.25) is 0 Å². The van der Waals surface area contributed by atoms with Crippen molar-refractivity contribution in [2.24, 2.45) is 0 Å². The monoisotopic (exact) mass is 114 g/mol. The minimum Gasteiger partial charge on any atom is -0.454 e. The third-order valence-corrected chi connectivity index (χ3v) is 0.505. The molecular formula is CH5B3O4. The molecule has 0 atom stereocenters. The van der Waals surface area contributed by atoms with Gasteiger partial charge in [-0.15, -0.1) is 0 Å². The van der Waals surface area contributed by atoms with E-state index in [0.717, 1.165) is 0 Å². The van der Waals surface area contributed by atoms with Gasteiger partial charge in [0.1, 0.15) is 0 Å². The van der Waals surface area contributed by atoms with E-state index in [1.165, 1.54) is 6.82 Å². The molecule has 0 unspecified atom stereocenters. The van der Waals surface area contributed by atoms with Crippen molar-refractivity contribution in [2.75, 3.05) is 0 Å². The fraction of sp³-hybridized carbons (Fsp3) is 1.00. The lowest BCUT2D eigenvalue weighted by atomic mass is 9.91. The molecule has 42 valence electrons. The van der Waals surface area contributed by atoms with Gasteiger partial charge in [0.15, 0.2) is 0 Å². The van der Waals surface area contributed by atoms with Crippen LogP contribution in [-0.2, 0) is 9.14 Å². The van der Waals surface area contributed by atoms with Crippen LogP contribution in [0.15, 0.2) is 0 Å². The summed E-state index contributed by atoms with van der Waals surface area (Å²) in [6.07, 6.45) is 0. The molecule has 0 aromatic heterocycles. The predicted molar refractivity (Wildman–Crippen MR) is 29.7 cm³/mol. The van der Waals surface area contributed by atoms with Crippen molar-refractivity contribution in [1.82, 2.24) is 0 Å². The zero-order chi connectivity index (χ0) is 6.41. The molecule has 0 bridgehead atoms. The Morgan fingerprint density at radius 1 is 1.25 bits per heavy atom. The summed E-state index contributed by atoms with van der Waals surface area (Å²) < 4.78 is 8.60. The van der Waals surface area contributed by atoms with E-state index < -0.39 is 7.12 Å². The molecular weight excluding hydrogens is 108 g/mol. The van der Waals surface area contributed by atoms with Gasteiger partial charge in [0.05, 0.1) is 0 Å².